The molecule has 9 heteroatoms. The predicted molar refractivity (Wildman–Crippen MR) is 111 cm³/mol. The van der Waals surface area contributed by atoms with E-state index in [4.69, 9.17) is 0 Å². The van der Waals surface area contributed by atoms with Crippen molar-refractivity contribution in [2.24, 2.45) is 0 Å². The average molecular weight is 409 g/mol. The van der Waals surface area contributed by atoms with E-state index in [1.54, 1.807) is 29.9 Å². The van der Waals surface area contributed by atoms with Gasteiger partial charge < -0.3 is 14.6 Å². The summed E-state index contributed by atoms with van der Waals surface area (Å²) in [7, 11) is 0. The first-order chi connectivity index (χ1) is 14.6. The van der Waals surface area contributed by atoms with E-state index in [1.807, 2.05) is 0 Å². The monoisotopic (exact) mass is 409 g/mol. The first kappa shape index (κ1) is 18.9. The Kier molecular flexibility index (Phi) is 4.82. The highest BCUT2D eigenvalue weighted by atomic mass is 19.1. The predicted octanol–water partition coefficient (Wildman–Crippen LogP) is 2.50. The van der Waals surface area contributed by atoms with Crippen LogP contribution in [0.25, 0.3) is 5.65 Å². The van der Waals surface area contributed by atoms with Crippen molar-refractivity contribution in [1.29, 1.82) is 0 Å². The number of carbonyl (C=O) groups excluding carboxylic acids is 1. The molecule has 3 aromatic heterocycles. The molecule has 1 atom stereocenters. The van der Waals surface area contributed by atoms with Gasteiger partial charge in [-0.2, -0.15) is 0 Å². The van der Waals surface area contributed by atoms with Crippen LogP contribution in [0.5, 0.6) is 0 Å². The zero-order chi connectivity index (χ0) is 20.7. The summed E-state index contributed by atoms with van der Waals surface area (Å²) in [5.41, 5.74) is 1.46. The van der Waals surface area contributed by atoms with Crippen molar-refractivity contribution in [3.05, 3.63) is 48.1 Å². The molecule has 1 amide bonds. The number of amides is 1. The summed E-state index contributed by atoms with van der Waals surface area (Å²) in [6.45, 7) is 6.06. The molecule has 156 valence electrons. The van der Waals surface area contributed by atoms with Crippen LogP contribution in [0.3, 0.4) is 0 Å². The van der Waals surface area contributed by atoms with Crippen LogP contribution in [-0.4, -0.2) is 62.4 Å². The Balaban J connectivity index is 1.26. The van der Waals surface area contributed by atoms with Gasteiger partial charge in [0.05, 0.1) is 23.8 Å². The fourth-order valence-corrected chi connectivity index (χ4v) is 4.40. The number of halogens is 1. The van der Waals surface area contributed by atoms with Crippen LogP contribution in [0.4, 0.5) is 15.9 Å². The molecular formula is C21H24FN7O. The Morgan fingerprint density at radius 3 is 2.77 bits per heavy atom. The van der Waals surface area contributed by atoms with Gasteiger partial charge >= 0.3 is 0 Å². The van der Waals surface area contributed by atoms with E-state index in [-0.39, 0.29) is 11.3 Å². The molecule has 2 saturated heterocycles. The molecule has 2 fully saturated rings. The Labute approximate surface area is 173 Å². The highest BCUT2D eigenvalue weighted by Crippen LogP contribution is 2.24. The normalized spacial score (nSPS) is 19.7. The number of aromatic nitrogens is 4. The second-order valence-corrected chi connectivity index (χ2v) is 8.04. The largest absolute Gasteiger partial charge is 0.354 e. The van der Waals surface area contributed by atoms with Gasteiger partial charge in [0.15, 0.2) is 11.5 Å². The van der Waals surface area contributed by atoms with Crippen LogP contribution in [0.2, 0.25) is 0 Å². The molecule has 2 aliphatic heterocycles. The Morgan fingerprint density at radius 1 is 1.17 bits per heavy atom. The van der Waals surface area contributed by atoms with Gasteiger partial charge in [0, 0.05) is 37.6 Å². The molecule has 0 aromatic carbocycles. The van der Waals surface area contributed by atoms with Crippen molar-refractivity contribution in [3.63, 3.8) is 0 Å². The van der Waals surface area contributed by atoms with Gasteiger partial charge in [-0.3, -0.25) is 9.69 Å². The van der Waals surface area contributed by atoms with Crippen molar-refractivity contribution in [2.45, 2.75) is 32.2 Å². The fourth-order valence-electron chi connectivity index (χ4n) is 4.40. The summed E-state index contributed by atoms with van der Waals surface area (Å²) in [5, 5.41) is 2.68. The zero-order valence-corrected chi connectivity index (χ0v) is 16.9. The molecule has 1 N–H and O–H groups in total. The van der Waals surface area contributed by atoms with Gasteiger partial charge in [0.2, 0.25) is 0 Å². The van der Waals surface area contributed by atoms with Crippen LogP contribution in [0.1, 0.15) is 35.4 Å². The Morgan fingerprint density at radius 2 is 2.00 bits per heavy atom. The van der Waals surface area contributed by atoms with Gasteiger partial charge in [-0.05, 0) is 39.3 Å². The van der Waals surface area contributed by atoms with Gasteiger partial charge in [-0.25, -0.2) is 19.3 Å². The molecule has 0 saturated carbocycles. The quantitative estimate of drug-likeness (QED) is 0.713. The summed E-state index contributed by atoms with van der Waals surface area (Å²) in [6.07, 6.45) is 10.2. The van der Waals surface area contributed by atoms with E-state index in [0.717, 1.165) is 25.3 Å². The minimum Gasteiger partial charge on any atom is -0.354 e. The molecule has 30 heavy (non-hydrogen) atoms. The third kappa shape index (κ3) is 3.60. The first-order valence-corrected chi connectivity index (χ1v) is 10.3. The Hall–Kier alpha value is -3.07. The van der Waals surface area contributed by atoms with Crippen molar-refractivity contribution < 1.29 is 9.18 Å². The van der Waals surface area contributed by atoms with Crippen molar-refractivity contribution >= 4 is 23.1 Å². The lowest BCUT2D eigenvalue weighted by Gasteiger charge is -2.23. The molecule has 5 heterocycles. The number of carbonyl (C=O) groups is 1. The maximum absolute atomic E-state index is 14.2. The van der Waals surface area contributed by atoms with Crippen LogP contribution in [0, 0.1) is 12.7 Å². The van der Waals surface area contributed by atoms with Gasteiger partial charge in [-0.1, -0.05) is 0 Å². The van der Waals surface area contributed by atoms with Crippen molar-refractivity contribution in [2.75, 3.05) is 36.4 Å². The number of nitrogens with one attached hydrogen (secondary N) is 1. The number of pyridine rings is 1. The molecule has 0 bridgehead atoms. The molecule has 3 aromatic rings. The van der Waals surface area contributed by atoms with Crippen LogP contribution in [0.15, 0.2) is 30.9 Å². The minimum atomic E-state index is -0.496. The lowest BCUT2D eigenvalue weighted by atomic mass is 10.2. The maximum atomic E-state index is 14.2. The number of rotatable bonds is 4. The van der Waals surface area contributed by atoms with E-state index in [0.29, 0.717) is 17.4 Å². The van der Waals surface area contributed by atoms with E-state index in [9.17, 15) is 9.18 Å². The SMILES string of the molecule is Cc1cn2cc(NC(=O)c3cnc(N4CCC(N5CCCC5)C4)cn3)cc(F)c2n1. The Bertz CT molecular complexity index is 1070. The molecular weight excluding hydrogens is 385 g/mol. The smallest absolute Gasteiger partial charge is 0.275 e. The van der Waals surface area contributed by atoms with E-state index in [1.165, 1.54) is 38.2 Å². The number of aryl methyl sites for hydroxylation is 1. The number of nitrogens with zero attached hydrogens (tertiary/aromatic N) is 6. The van der Waals surface area contributed by atoms with Gasteiger partial charge in [0.25, 0.3) is 5.91 Å². The average Bonchev–Trinajstić information content (AvgIpc) is 3.48. The van der Waals surface area contributed by atoms with Crippen molar-refractivity contribution in [3.8, 4) is 0 Å². The highest BCUT2D eigenvalue weighted by molar-refractivity contribution is 6.02. The van der Waals surface area contributed by atoms with Gasteiger partial charge in [0.1, 0.15) is 11.5 Å². The summed E-state index contributed by atoms with van der Waals surface area (Å²) < 4.78 is 15.8. The summed E-state index contributed by atoms with van der Waals surface area (Å²) >= 11 is 0. The standard InChI is InChI=1S/C21H24FN7O/c1-14-11-29-12-15(8-17(22)20(29)25-14)26-21(30)18-9-24-19(10-23-18)28-7-4-16(13-28)27-5-2-3-6-27/h8-12,16H,2-7,13H2,1H3,(H,26,30). The van der Waals surface area contributed by atoms with E-state index in [2.05, 4.69) is 30.1 Å². The number of hydrogen-bond donors (Lipinski definition) is 1. The third-order valence-electron chi connectivity index (χ3n) is 5.90. The molecule has 0 aliphatic carbocycles. The lowest BCUT2D eigenvalue weighted by Crippen LogP contribution is -2.35. The fraction of sp³-hybridized carbons (Fsp3) is 0.429. The molecule has 5 rings (SSSR count). The molecule has 2 aliphatic rings. The van der Waals surface area contributed by atoms with Crippen LogP contribution in [-0.2, 0) is 0 Å². The van der Waals surface area contributed by atoms with E-state index < -0.39 is 11.7 Å². The number of likely N-dealkylation sites (tertiary alicyclic amines) is 1. The maximum Gasteiger partial charge on any atom is 0.275 e. The zero-order valence-electron chi connectivity index (χ0n) is 16.9. The van der Waals surface area contributed by atoms with Crippen LogP contribution < -0.4 is 10.2 Å². The second-order valence-electron chi connectivity index (χ2n) is 8.04. The summed E-state index contributed by atoms with van der Waals surface area (Å²) in [4.78, 5) is 30.2. The molecule has 8 nitrogen and oxygen atoms in total. The molecule has 1 unspecified atom stereocenters. The number of fused-ring (bicyclic) bond motifs is 1. The van der Waals surface area contributed by atoms with E-state index >= 15 is 0 Å². The second kappa shape index (κ2) is 7.64. The minimum absolute atomic E-state index is 0.191. The van der Waals surface area contributed by atoms with Crippen molar-refractivity contribution in [1.82, 2.24) is 24.3 Å². The molecule has 0 spiro atoms. The number of anilines is 2. The first-order valence-electron chi connectivity index (χ1n) is 10.3. The summed E-state index contributed by atoms with van der Waals surface area (Å²) in [5.74, 6) is -0.139. The number of hydrogen-bond acceptors (Lipinski definition) is 6. The lowest BCUT2D eigenvalue weighted by molar-refractivity contribution is 0.102. The molecule has 0 radical (unpaired) electrons. The summed E-state index contributed by atoms with van der Waals surface area (Å²) in [6, 6.07) is 1.83. The van der Waals surface area contributed by atoms with Crippen LogP contribution >= 0.6 is 0 Å². The van der Waals surface area contributed by atoms with Gasteiger partial charge in [-0.15, -0.1) is 0 Å². The third-order valence-corrected chi connectivity index (χ3v) is 5.90. The highest BCUT2D eigenvalue weighted by Gasteiger charge is 2.30. The number of imidazole rings is 1. The topological polar surface area (TPSA) is 78.7 Å².